The first kappa shape index (κ1) is 13.5. The summed E-state index contributed by atoms with van der Waals surface area (Å²) < 4.78 is 27.4. The lowest BCUT2D eigenvalue weighted by Gasteiger charge is -2.28. The fourth-order valence-electron chi connectivity index (χ4n) is 4.35. The summed E-state index contributed by atoms with van der Waals surface area (Å²) >= 11 is 0. The van der Waals surface area contributed by atoms with E-state index in [2.05, 4.69) is 6.08 Å². The average molecular weight is 303 g/mol. The Labute approximate surface area is 126 Å². The van der Waals surface area contributed by atoms with Gasteiger partial charge in [0.25, 0.3) is 0 Å². The highest BCUT2D eigenvalue weighted by Gasteiger charge is 2.51. The molecule has 1 spiro atoms. The van der Waals surface area contributed by atoms with Crippen LogP contribution in [0.15, 0.2) is 40.8 Å². The lowest BCUT2D eigenvalue weighted by molar-refractivity contribution is 0.329. The van der Waals surface area contributed by atoms with E-state index in [1.165, 1.54) is 24.8 Å². The van der Waals surface area contributed by atoms with Crippen molar-refractivity contribution >= 4 is 10.0 Å². The molecule has 0 aromatic heterocycles. The number of hydrogen-bond donors (Lipinski definition) is 0. The molecule has 4 heteroatoms. The molecular weight excluding hydrogens is 282 g/mol. The maximum Gasteiger partial charge on any atom is 0.243 e. The highest BCUT2D eigenvalue weighted by Crippen LogP contribution is 2.55. The molecule has 1 saturated heterocycles. The monoisotopic (exact) mass is 303 g/mol. The van der Waals surface area contributed by atoms with Gasteiger partial charge in [0.2, 0.25) is 10.0 Å². The van der Waals surface area contributed by atoms with Gasteiger partial charge in [0, 0.05) is 18.5 Å². The normalized spacial score (nSPS) is 32.0. The first-order chi connectivity index (χ1) is 9.99. The molecule has 0 N–H and O–H groups in total. The minimum Gasteiger partial charge on any atom is -0.207 e. The zero-order valence-electron chi connectivity index (χ0n) is 12.4. The molecule has 21 heavy (non-hydrogen) atoms. The SMILES string of the molecule is Cc1ccc(S(=O)(=O)N2CC3=CC[C@H]4CC[C@@]3(C4)C2)cc1. The van der Waals surface area contributed by atoms with Crippen LogP contribution in [0.4, 0.5) is 0 Å². The Hall–Kier alpha value is -1.13. The molecular formula is C17H21NO2S. The van der Waals surface area contributed by atoms with E-state index in [1.54, 1.807) is 16.4 Å². The topological polar surface area (TPSA) is 37.4 Å². The molecule has 1 saturated carbocycles. The molecule has 0 amide bonds. The number of nitrogens with zero attached hydrogens (tertiary/aromatic N) is 1. The Bertz CT molecular complexity index is 705. The van der Waals surface area contributed by atoms with Gasteiger partial charge in [0.15, 0.2) is 0 Å². The maximum absolute atomic E-state index is 12.9. The van der Waals surface area contributed by atoms with E-state index in [1.807, 2.05) is 19.1 Å². The van der Waals surface area contributed by atoms with Gasteiger partial charge in [-0.1, -0.05) is 29.3 Å². The van der Waals surface area contributed by atoms with Crippen molar-refractivity contribution in [3.8, 4) is 0 Å². The molecule has 1 aliphatic heterocycles. The fraction of sp³-hybridized carbons (Fsp3) is 0.529. The second kappa shape index (κ2) is 4.43. The van der Waals surface area contributed by atoms with Crippen LogP contribution in [0.2, 0.25) is 0 Å². The van der Waals surface area contributed by atoms with Crippen LogP contribution in [0.25, 0.3) is 0 Å². The van der Waals surface area contributed by atoms with Gasteiger partial charge in [-0.15, -0.1) is 0 Å². The zero-order chi connectivity index (χ0) is 14.7. The molecule has 1 heterocycles. The number of fused-ring (bicyclic) bond motifs is 1. The second-order valence-corrected chi connectivity index (χ2v) is 8.88. The van der Waals surface area contributed by atoms with Gasteiger partial charge in [0.05, 0.1) is 4.90 Å². The van der Waals surface area contributed by atoms with Crippen LogP contribution in [0.1, 0.15) is 31.2 Å². The molecule has 3 aliphatic rings. The molecule has 2 fully saturated rings. The predicted octanol–water partition coefficient (Wildman–Crippen LogP) is 3.12. The van der Waals surface area contributed by atoms with Crippen LogP contribution in [-0.2, 0) is 10.0 Å². The fourth-order valence-corrected chi connectivity index (χ4v) is 5.85. The van der Waals surface area contributed by atoms with E-state index in [9.17, 15) is 8.42 Å². The van der Waals surface area contributed by atoms with Gasteiger partial charge >= 0.3 is 0 Å². The molecule has 2 bridgehead atoms. The summed E-state index contributed by atoms with van der Waals surface area (Å²) in [5.41, 5.74) is 2.64. The molecule has 112 valence electrons. The summed E-state index contributed by atoms with van der Waals surface area (Å²) in [5.74, 6) is 0.788. The van der Waals surface area contributed by atoms with Gasteiger partial charge in [0.1, 0.15) is 0 Å². The summed E-state index contributed by atoms with van der Waals surface area (Å²) in [6.45, 7) is 3.26. The number of rotatable bonds is 2. The predicted molar refractivity (Wildman–Crippen MR) is 82.4 cm³/mol. The molecule has 2 atom stereocenters. The molecule has 3 nitrogen and oxygen atoms in total. The number of benzene rings is 1. The summed E-state index contributed by atoms with van der Waals surface area (Å²) in [6, 6.07) is 7.21. The smallest absolute Gasteiger partial charge is 0.207 e. The van der Waals surface area contributed by atoms with Crippen molar-refractivity contribution < 1.29 is 8.42 Å². The van der Waals surface area contributed by atoms with Crippen LogP contribution < -0.4 is 0 Å². The number of allylic oxidation sites excluding steroid dienone is 1. The third kappa shape index (κ3) is 2.00. The van der Waals surface area contributed by atoms with Crippen LogP contribution in [0.5, 0.6) is 0 Å². The van der Waals surface area contributed by atoms with Crippen LogP contribution in [0.3, 0.4) is 0 Å². The lowest BCUT2D eigenvalue weighted by atomic mass is 9.76. The third-order valence-electron chi connectivity index (χ3n) is 5.57. The third-order valence-corrected chi connectivity index (χ3v) is 7.38. The van der Waals surface area contributed by atoms with Gasteiger partial charge in [-0.3, -0.25) is 0 Å². The number of hydrogen-bond acceptors (Lipinski definition) is 2. The van der Waals surface area contributed by atoms with Gasteiger partial charge in [-0.25, -0.2) is 8.42 Å². The van der Waals surface area contributed by atoms with Crippen LogP contribution >= 0.6 is 0 Å². The molecule has 0 radical (unpaired) electrons. The Morgan fingerprint density at radius 1 is 1.24 bits per heavy atom. The first-order valence-electron chi connectivity index (χ1n) is 7.76. The summed E-state index contributed by atoms with van der Waals surface area (Å²) in [5, 5.41) is 0. The minimum absolute atomic E-state index is 0.167. The van der Waals surface area contributed by atoms with Crippen LogP contribution in [-0.4, -0.2) is 25.8 Å². The van der Waals surface area contributed by atoms with E-state index < -0.39 is 10.0 Å². The molecule has 4 rings (SSSR count). The van der Waals surface area contributed by atoms with Gasteiger partial charge in [-0.2, -0.15) is 4.31 Å². The summed E-state index contributed by atoms with van der Waals surface area (Å²) in [6.07, 6.45) is 7.10. The highest BCUT2D eigenvalue weighted by molar-refractivity contribution is 7.89. The van der Waals surface area contributed by atoms with E-state index in [0.717, 1.165) is 17.9 Å². The van der Waals surface area contributed by atoms with Crippen molar-refractivity contribution in [3.05, 3.63) is 41.5 Å². The molecule has 2 aliphatic carbocycles. The lowest BCUT2D eigenvalue weighted by Crippen LogP contribution is -2.31. The van der Waals surface area contributed by atoms with Crippen molar-refractivity contribution in [2.75, 3.05) is 13.1 Å². The first-order valence-corrected chi connectivity index (χ1v) is 9.20. The Kier molecular flexibility index (Phi) is 2.86. The highest BCUT2D eigenvalue weighted by atomic mass is 32.2. The van der Waals surface area contributed by atoms with Gasteiger partial charge < -0.3 is 0 Å². The minimum atomic E-state index is -3.35. The Morgan fingerprint density at radius 2 is 2.00 bits per heavy atom. The van der Waals surface area contributed by atoms with Gasteiger partial charge in [-0.05, 0) is 50.7 Å². The number of sulfonamides is 1. The standard InChI is InChI=1S/C17H21NO2S/c1-13-2-6-16(7-3-13)21(19,20)18-11-15-5-4-14-8-9-17(15,10-14)12-18/h2-3,5-7,14H,4,8-12H2,1H3/t14-,17+/m0/s1. The summed E-state index contributed by atoms with van der Waals surface area (Å²) in [7, 11) is -3.35. The van der Waals surface area contributed by atoms with E-state index in [0.29, 0.717) is 18.0 Å². The summed E-state index contributed by atoms with van der Waals surface area (Å²) in [4.78, 5) is 0.429. The van der Waals surface area contributed by atoms with E-state index in [-0.39, 0.29) is 5.41 Å². The van der Waals surface area contributed by atoms with Crippen molar-refractivity contribution in [3.63, 3.8) is 0 Å². The van der Waals surface area contributed by atoms with E-state index in [4.69, 9.17) is 0 Å². The molecule has 1 aromatic carbocycles. The zero-order valence-corrected chi connectivity index (χ0v) is 13.2. The Balaban J connectivity index is 1.67. The molecule has 0 unspecified atom stereocenters. The largest absolute Gasteiger partial charge is 0.243 e. The van der Waals surface area contributed by atoms with Crippen molar-refractivity contribution in [1.29, 1.82) is 0 Å². The molecule has 1 aromatic rings. The van der Waals surface area contributed by atoms with E-state index >= 15 is 0 Å². The Morgan fingerprint density at radius 3 is 2.76 bits per heavy atom. The average Bonchev–Trinajstić information content (AvgIpc) is 3.01. The van der Waals surface area contributed by atoms with Crippen molar-refractivity contribution in [2.24, 2.45) is 11.3 Å². The maximum atomic E-state index is 12.9. The quantitative estimate of drug-likeness (QED) is 0.787. The van der Waals surface area contributed by atoms with Crippen LogP contribution in [0, 0.1) is 18.3 Å². The second-order valence-electron chi connectivity index (χ2n) is 6.94. The number of aryl methyl sites for hydroxylation is 1. The van der Waals surface area contributed by atoms with Crippen molar-refractivity contribution in [2.45, 2.75) is 37.5 Å². The van der Waals surface area contributed by atoms with Crippen molar-refractivity contribution in [1.82, 2.24) is 4.31 Å².